The lowest BCUT2D eigenvalue weighted by Crippen LogP contribution is -2.15. The highest BCUT2D eigenvalue weighted by molar-refractivity contribution is 6.05. The van der Waals surface area contributed by atoms with Crippen LogP contribution in [0.1, 0.15) is 17.3 Å². The number of anilines is 1. The monoisotopic (exact) mass is 303 g/mol. The van der Waals surface area contributed by atoms with Gasteiger partial charge in [0.05, 0.1) is 17.9 Å². The molecule has 2 aromatic rings. The van der Waals surface area contributed by atoms with Gasteiger partial charge >= 0.3 is 0 Å². The fraction of sp³-hybridized carbons (Fsp3) is 0.235. The van der Waals surface area contributed by atoms with E-state index in [1.807, 2.05) is 6.92 Å². The summed E-state index contributed by atoms with van der Waals surface area (Å²) in [6.45, 7) is 3.37. The molecule has 0 saturated carbocycles. The number of hydrogen-bond donors (Lipinski definition) is 1. The Bertz CT molecular complexity index is 631. The molecular formula is C17H18FNO3. The average molecular weight is 303 g/mol. The first-order valence-corrected chi connectivity index (χ1v) is 7.08. The average Bonchev–Trinajstić information content (AvgIpc) is 2.53. The summed E-state index contributed by atoms with van der Waals surface area (Å²) in [5.74, 6) is -0.555. The zero-order valence-corrected chi connectivity index (χ0v) is 12.3. The maximum atomic E-state index is 13.6. The number of carbonyl (C=O) groups is 1. The topological polar surface area (TPSA) is 47.6 Å². The largest absolute Gasteiger partial charge is 0.489 e. The minimum atomic E-state index is -0.560. The lowest BCUT2D eigenvalue weighted by Gasteiger charge is -2.12. The van der Waals surface area contributed by atoms with Crippen LogP contribution in [0, 0.1) is 5.82 Å². The Labute approximate surface area is 128 Å². The van der Waals surface area contributed by atoms with Crippen LogP contribution in [-0.2, 0) is 4.74 Å². The van der Waals surface area contributed by atoms with Crippen molar-refractivity contribution in [1.29, 1.82) is 0 Å². The summed E-state index contributed by atoms with van der Waals surface area (Å²) in [5.41, 5.74) is 0.485. The highest BCUT2D eigenvalue weighted by Crippen LogP contribution is 2.24. The lowest BCUT2D eigenvalue weighted by atomic mass is 10.2. The van der Waals surface area contributed by atoms with Gasteiger partial charge in [-0.2, -0.15) is 0 Å². The number of rotatable bonds is 7. The van der Waals surface area contributed by atoms with E-state index in [1.54, 1.807) is 30.3 Å². The smallest absolute Gasteiger partial charge is 0.258 e. The van der Waals surface area contributed by atoms with E-state index in [1.165, 1.54) is 18.2 Å². The van der Waals surface area contributed by atoms with Crippen LogP contribution in [0.15, 0.2) is 48.5 Å². The van der Waals surface area contributed by atoms with Crippen molar-refractivity contribution in [2.24, 2.45) is 0 Å². The summed E-state index contributed by atoms with van der Waals surface area (Å²) in [4.78, 5) is 12.1. The van der Waals surface area contributed by atoms with E-state index in [9.17, 15) is 9.18 Å². The second-order valence-corrected chi connectivity index (χ2v) is 4.48. The zero-order valence-electron chi connectivity index (χ0n) is 12.3. The molecule has 0 fully saturated rings. The van der Waals surface area contributed by atoms with Crippen LogP contribution in [0.4, 0.5) is 10.1 Å². The Morgan fingerprint density at radius 3 is 2.59 bits per heavy atom. The lowest BCUT2D eigenvalue weighted by molar-refractivity contribution is 0.102. The highest BCUT2D eigenvalue weighted by Gasteiger charge is 2.13. The second-order valence-electron chi connectivity index (χ2n) is 4.48. The molecule has 2 aromatic carbocycles. The molecule has 4 nitrogen and oxygen atoms in total. The minimum Gasteiger partial charge on any atom is -0.489 e. The van der Waals surface area contributed by atoms with Gasteiger partial charge in [0.1, 0.15) is 18.2 Å². The van der Waals surface area contributed by atoms with Crippen molar-refractivity contribution in [3.63, 3.8) is 0 Å². The molecule has 0 heterocycles. The first-order valence-electron chi connectivity index (χ1n) is 7.08. The van der Waals surface area contributed by atoms with Crippen LogP contribution < -0.4 is 10.1 Å². The molecule has 1 amide bonds. The van der Waals surface area contributed by atoms with Crippen molar-refractivity contribution in [2.75, 3.05) is 25.1 Å². The molecule has 5 heteroatoms. The first-order chi connectivity index (χ1) is 10.7. The van der Waals surface area contributed by atoms with Gasteiger partial charge in [-0.1, -0.05) is 24.3 Å². The predicted molar refractivity (Wildman–Crippen MR) is 82.8 cm³/mol. The molecule has 0 radical (unpaired) electrons. The number of benzene rings is 2. The van der Waals surface area contributed by atoms with E-state index in [4.69, 9.17) is 9.47 Å². The third-order valence-corrected chi connectivity index (χ3v) is 2.94. The van der Waals surface area contributed by atoms with E-state index in [0.717, 1.165) is 0 Å². The molecule has 0 aliphatic rings. The summed E-state index contributed by atoms with van der Waals surface area (Å²) < 4.78 is 24.4. The Morgan fingerprint density at radius 2 is 1.82 bits per heavy atom. The van der Waals surface area contributed by atoms with E-state index in [0.29, 0.717) is 31.3 Å². The van der Waals surface area contributed by atoms with Crippen molar-refractivity contribution in [3.8, 4) is 5.75 Å². The van der Waals surface area contributed by atoms with Crippen molar-refractivity contribution >= 4 is 11.6 Å². The van der Waals surface area contributed by atoms with Crippen LogP contribution in [-0.4, -0.2) is 25.7 Å². The number of hydrogen-bond acceptors (Lipinski definition) is 3. The maximum absolute atomic E-state index is 13.6. The number of halogens is 1. The molecule has 0 aliphatic carbocycles. The van der Waals surface area contributed by atoms with Gasteiger partial charge in [-0.15, -0.1) is 0 Å². The van der Waals surface area contributed by atoms with Crippen LogP contribution in [0.3, 0.4) is 0 Å². The summed E-state index contributed by atoms with van der Waals surface area (Å²) >= 11 is 0. The standard InChI is InChI=1S/C17H18FNO3/c1-2-21-11-12-22-16-10-6-5-9-15(16)19-17(20)13-7-3-4-8-14(13)18/h3-10H,2,11-12H2,1H3,(H,19,20). The summed E-state index contributed by atoms with van der Waals surface area (Å²) in [6.07, 6.45) is 0. The molecule has 0 aliphatic heterocycles. The fourth-order valence-electron chi connectivity index (χ4n) is 1.89. The van der Waals surface area contributed by atoms with Gasteiger partial charge in [-0.25, -0.2) is 4.39 Å². The van der Waals surface area contributed by atoms with Gasteiger partial charge < -0.3 is 14.8 Å². The molecule has 116 valence electrons. The molecule has 0 saturated heterocycles. The maximum Gasteiger partial charge on any atom is 0.258 e. The fourth-order valence-corrected chi connectivity index (χ4v) is 1.89. The van der Waals surface area contributed by atoms with Crippen LogP contribution >= 0.6 is 0 Å². The van der Waals surface area contributed by atoms with E-state index < -0.39 is 11.7 Å². The molecule has 22 heavy (non-hydrogen) atoms. The van der Waals surface area contributed by atoms with Gasteiger partial charge in [-0.05, 0) is 31.2 Å². The molecule has 0 unspecified atom stereocenters. The SMILES string of the molecule is CCOCCOc1ccccc1NC(=O)c1ccccc1F. The third kappa shape index (κ3) is 4.30. The Morgan fingerprint density at radius 1 is 1.09 bits per heavy atom. The van der Waals surface area contributed by atoms with Gasteiger partial charge in [0.25, 0.3) is 5.91 Å². The van der Waals surface area contributed by atoms with E-state index >= 15 is 0 Å². The summed E-state index contributed by atoms with van der Waals surface area (Å²) in [5, 5.41) is 2.66. The number of carbonyl (C=O) groups excluding carboxylic acids is 1. The quantitative estimate of drug-likeness (QED) is 0.796. The molecule has 0 atom stereocenters. The van der Waals surface area contributed by atoms with Crippen molar-refractivity contribution < 1.29 is 18.7 Å². The van der Waals surface area contributed by atoms with Crippen LogP contribution in [0.2, 0.25) is 0 Å². The van der Waals surface area contributed by atoms with Crippen molar-refractivity contribution in [3.05, 3.63) is 59.9 Å². The number of nitrogens with one attached hydrogen (secondary N) is 1. The number of para-hydroxylation sites is 2. The van der Waals surface area contributed by atoms with Gasteiger partial charge in [-0.3, -0.25) is 4.79 Å². The first kappa shape index (κ1) is 16.0. The third-order valence-electron chi connectivity index (χ3n) is 2.94. The Kier molecular flexibility index (Phi) is 5.91. The van der Waals surface area contributed by atoms with Gasteiger partial charge in [0.15, 0.2) is 0 Å². The second kappa shape index (κ2) is 8.14. The van der Waals surface area contributed by atoms with Crippen molar-refractivity contribution in [1.82, 2.24) is 0 Å². The highest BCUT2D eigenvalue weighted by atomic mass is 19.1. The minimum absolute atomic E-state index is 0.00776. The number of amides is 1. The molecule has 0 bridgehead atoms. The summed E-state index contributed by atoms with van der Waals surface area (Å²) in [6, 6.07) is 12.8. The van der Waals surface area contributed by atoms with Crippen LogP contribution in [0.25, 0.3) is 0 Å². The molecule has 0 aromatic heterocycles. The summed E-state index contributed by atoms with van der Waals surface area (Å²) in [7, 11) is 0. The predicted octanol–water partition coefficient (Wildman–Crippen LogP) is 3.49. The molecule has 0 spiro atoms. The zero-order chi connectivity index (χ0) is 15.8. The number of ether oxygens (including phenoxy) is 2. The molecule has 1 N–H and O–H groups in total. The van der Waals surface area contributed by atoms with Crippen molar-refractivity contribution in [2.45, 2.75) is 6.92 Å². The van der Waals surface area contributed by atoms with Gasteiger partial charge in [0, 0.05) is 6.61 Å². The Hall–Kier alpha value is -2.40. The van der Waals surface area contributed by atoms with Crippen LogP contribution in [0.5, 0.6) is 5.75 Å². The Balaban J connectivity index is 2.06. The van der Waals surface area contributed by atoms with E-state index in [-0.39, 0.29) is 5.56 Å². The van der Waals surface area contributed by atoms with E-state index in [2.05, 4.69) is 5.32 Å². The molecule has 2 rings (SSSR count). The van der Waals surface area contributed by atoms with Gasteiger partial charge in [0.2, 0.25) is 0 Å². The normalized spacial score (nSPS) is 10.3. The molecular weight excluding hydrogens is 285 g/mol.